The summed E-state index contributed by atoms with van der Waals surface area (Å²) in [6.45, 7) is 7.17. The lowest BCUT2D eigenvalue weighted by Gasteiger charge is -2.25. The van der Waals surface area contributed by atoms with Crippen molar-refractivity contribution in [2.75, 3.05) is 39.4 Å². The topological polar surface area (TPSA) is 37.7 Å². The maximum absolute atomic E-state index is 12.6. The summed E-state index contributed by atoms with van der Waals surface area (Å²) in [7, 11) is 0. The number of likely N-dealkylation sites (tertiary alicyclic amines) is 1. The summed E-state index contributed by atoms with van der Waals surface area (Å²) < 4.78 is 8.23. The largest absolute Gasteiger partial charge is 0.381 e. The third-order valence-electron chi connectivity index (χ3n) is 5.82. The molecule has 0 unspecified atom stereocenters. The highest BCUT2D eigenvalue weighted by Crippen LogP contribution is 2.29. The zero-order valence-corrected chi connectivity index (χ0v) is 15.2. The van der Waals surface area contributed by atoms with Gasteiger partial charge in [0, 0.05) is 57.8 Å². The molecule has 25 heavy (non-hydrogen) atoms. The zero-order chi connectivity index (χ0) is 17.1. The third kappa shape index (κ3) is 4.64. The number of hydrogen-bond acceptors (Lipinski definition) is 3. The predicted molar refractivity (Wildman–Crippen MR) is 97.2 cm³/mol. The summed E-state index contributed by atoms with van der Waals surface area (Å²) in [5, 5.41) is 0. The number of amides is 1. The zero-order valence-electron chi connectivity index (χ0n) is 15.2. The van der Waals surface area contributed by atoms with E-state index < -0.39 is 0 Å². The smallest absolute Gasteiger partial charge is 0.236 e. The fourth-order valence-corrected chi connectivity index (χ4v) is 4.11. The molecule has 0 radical (unpaired) electrons. The van der Waals surface area contributed by atoms with Crippen LogP contribution in [0.1, 0.15) is 37.8 Å². The average Bonchev–Trinajstić information content (AvgIpc) is 3.11. The second kappa shape index (κ2) is 7.92. The van der Waals surface area contributed by atoms with Gasteiger partial charge in [0.15, 0.2) is 0 Å². The van der Waals surface area contributed by atoms with Crippen LogP contribution in [0.3, 0.4) is 0 Å². The van der Waals surface area contributed by atoms with Gasteiger partial charge in [-0.15, -0.1) is 0 Å². The van der Waals surface area contributed by atoms with Gasteiger partial charge in [0.2, 0.25) is 5.91 Å². The number of carbonyl (C=O) groups is 1. The number of nitrogens with zero attached hydrogens (tertiary/aromatic N) is 3. The molecular formula is C20H31N3O2. The molecule has 3 aliphatic rings. The Morgan fingerprint density at radius 1 is 1.16 bits per heavy atom. The van der Waals surface area contributed by atoms with Crippen molar-refractivity contribution in [1.82, 2.24) is 14.4 Å². The maximum Gasteiger partial charge on any atom is 0.236 e. The highest BCUT2D eigenvalue weighted by molar-refractivity contribution is 5.78. The fourth-order valence-electron chi connectivity index (χ4n) is 4.11. The minimum absolute atomic E-state index is 0.307. The van der Waals surface area contributed by atoms with Crippen LogP contribution in [0.5, 0.6) is 0 Å². The van der Waals surface area contributed by atoms with Crippen molar-refractivity contribution in [3.63, 3.8) is 0 Å². The van der Waals surface area contributed by atoms with Gasteiger partial charge in [-0.1, -0.05) is 0 Å². The molecular weight excluding hydrogens is 314 g/mol. The van der Waals surface area contributed by atoms with Gasteiger partial charge in [0.05, 0.1) is 6.54 Å². The van der Waals surface area contributed by atoms with Gasteiger partial charge in [0.25, 0.3) is 0 Å². The second-order valence-corrected chi connectivity index (χ2v) is 8.08. The SMILES string of the molecule is O=C(CN1Cc2cccn2C[C@H](CCOCC2CC2)C1)N1CCCC1. The van der Waals surface area contributed by atoms with E-state index in [1.165, 1.54) is 18.5 Å². The highest BCUT2D eigenvalue weighted by Gasteiger charge is 2.26. The van der Waals surface area contributed by atoms with Crippen LogP contribution in [-0.2, 0) is 22.6 Å². The number of fused-ring (bicyclic) bond motifs is 1. The number of hydrogen-bond donors (Lipinski definition) is 0. The Morgan fingerprint density at radius 3 is 2.80 bits per heavy atom. The van der Waals surface area contributed by atoms with Crippen molar-refractivity contribution in [3.8, 4) is 0 Å². The standard InChI is InChI=1S/C20H31N3O2/c24-20(22-8-1-2-9-22)15-21-12-18(7-11-25-16-17-5-6-17)13-23-10-3-4-19(23)14-21/h3-4,10,17-18H,1-2,5-9,11-16H2/t18-/m1/s1. The Balaban J connectivity index is 1.33. The lowest BCUT2D eigenvalue weighted by molar-refractivity contribution is -0.131. The first kappa shape index (κ1) is 17.1. The Kier molecular flexibility index (Phi) is 5.42. The molecule has 2 aliphatic heterocycles. The highest BCUT2D eigenvalue weighted by atomic mass is 16.5. The molecule has 0 N–H and O–H groups in total. The lowest BCUT2D eigenvalue weighted by Crippen LogP contribution is -2.40. The second-order valence-electron chi connectivity index (χ2n) is 8.08. The molecule has 1 aliphatic carbocycles. The molecule has 5 heteroatoms. The van der Waals surface area contributed by atoms with Crippen LogP contribution in [0.4, 0.5) is 0 Å². The first-order valence-electron chi connectivity index (χ1n) is 10.00. The number of aromatic nitrogens is 1. The van der Waals surface area contributed by atoms with Gasteiger partial charge >= 0.3 is 0 Å². The van der Waals surface area contributed by atoms with Gasteiger partial charge in [-0.25, -0.2) is 0 Å². The summed E-state index contributed by atoms with van der Waals surface area (Å²) in [4.78, 5) is 17.0. The number of rotatable bonds is 7. The van der Waals surface area contributed by atoms with Gasteiger partial charge in [-0.2, -0.15) is 0 Å². The minimum atomic E-state index is 0.307. The van der Waals surface area contributed by atoms with Crippen molar-refractivity contribution in [3.05, 3.63) is 24.0 Å². The summed E-state index contributed by atoms with van der Waals surface area (Å²) in [5.41, 5.74) is 1.33. The molecule has 1 saturated heterocycles. The minimum Gasteiger partial charge on any atom is -0.381 e. The van der Waals surface area contributed by atoms with E-state index >= 15 is 0 Å². The van der Waals surface area contributed by atoms with Crippen LogP contribution in [0.25, 0.3) is 0 Å². The van der Waals surface area contributed by atoms with E-state index in [0.29, 0.717) is 18.4 Å². The fraction of sp³-hybridized carbons (Fsp3) is 0.750. The van der Waals surface area contributed by atoms with Crippen molar-refractivity contribution < 1.29 is 9.53 Å². The lowest BCUT2D eigenvalue weighted by atomic mass is 10.1. The van der Waals surface area contributed by atoms with Crippen LogP contribution in [-0.4, -0.2) is 59.7 Å². The number of carbonyl (C=O) groups excluding carboxylic acids is 1. The predicted octanol–water partition coefficient (Wildman–Crippen LogP) is 2.36. The molecule has 1 amide bonds. The van der Waals surface area contributed by atoms with E-state index in [2.05, 4.69) is 27.8 Å². The molecule has 4 rings (SSSR count). The molecule has 3 heterocycles. The summed E-state index contributed by atoms with van der Waals surface area (Å²) >= 11 is 0. The first-order valence-corrected chi connectivity index (χ1v) is 10.00. The molecule has 2 fully saturated rings. The van der Waals surface area contributed by atoms with Crippen LogP contribution >= 0.6 is 0 Å². The van der Waals surface area contributed by atoms with Crippen molar-refractivity contribution in [1.29, 1.82) is 0 Å². The van der Waals surface area contributed by atoms with E-state index in [1.54, 1.807) is 0 Å². The van der Waals surface area contributed by atoms with Crippen LogP contribution in [0.15, 0.2) is 18.3 Å². The molecule has 138 valence electrons. The van der Waals surface area contributed by atoms with Crippen LogP contribution < -0.4 is 0 Å². The van der Waals surface area contributed by atoms with E-state index in [0.717, 1.165) is 71.1 Å². The molecule has 1 saturated carbocycles. The van der Waals surface area contributed by atoms with E-state index in [4.69, 9.17) is 4.74 Å². The summed E-state index contributed by atoms with van der Waals surface area (Å²) in [6, 6.07) is 4.32. The maximum atomic E-state index is 12.6. The quantitative estimate of drug-likeness (QED) is 0.712. The van der Waals surface area contributed by atoms with Crippen LogP contribution in [0.2, 0.25) is 0 Å². The van der Waals surface area contributed by atoms with Gasteiger partial charge in [-0.05, 0) is 56.1 Å². The van der Waals surface area contributed by atoms with Crippen LogP contribution in [0, 0.1) is 11.8 Å². The molecule has 0 bridgehead atoms. The Morgan fingerprint density at radius 2 is 2.00 bits per heavy atom. The Hall–Kier alpha value is -1.33. The molecule has 5 nitrogen and oxygen atoms in total. The van der Waals surface area contributed by atoms with E-state index in [9.17, 15) is 4.79 Å². The summed E-state index contributed by atoms with van der Waals surface area (Å²) in [6.07, 6.45) is 8.29. The van der Waals surface area contributed by atoms with Crippen molar-refractivity contribution >= 4 is 5.91 Å². The van der Waals surface area contributed by atoms with E-state index in [-0.39, 0.29) is 0 Å². The summed E-state index contributed by atoms with van der Waals surface area (Å²) in [5.74, 6) is 1.69. The molecule has 0 aromatic carbocycles. The van der Waals surface area contributed by atoms with Gasteiger partial charge in [-0.3, -0.25) is 9.69 Å². The average molecular weight is 345 g/mol. The molecule has 0 spiro atoms. The van der Waals surface area contributed by atoms with Crippen molar-refractivity contribution in [2.45, 2.75) is 45.2 Å². The molecule has 1 atom stereocenters. The van der Waals surface area contributed by atoms with Gasteiger partial charge in [0.1, 0.15) is 0 Å². The third-order valence-corrected chi connectivity index (χ3v) is 5.82. The Bertz CT molecular complexity index is 575. The first-order chi connectivity index (χ1) is 12.3. The number of ether oxygens (including phenoxy) is 1. The normalized spacial score (nSPS) is 24.3. The van der Waals surface area contributed by atoms with E-state index in [1.807, 2.05) is 4.90 Å². The molecule has 1 aromatic heterocycles. The monoisotopic (exact) mass is 345 g/mol. The Labute approximate surface area is 150 Å². The van der Waals surface area contributed by atoms with Crippen molar-refractivity contribution in [2.24, 2.45) is 11.8 Å². The van der Waals surface area contributed by atoms with Gasteiger partial charge < -0.3 is 14.2 Å². The molecule has 1 aromatic rings.